The average molecular weight is 318 g/mol. The van der Waals surface area contributed by atoms with Gasteiger partial charge in [0.2, 0.25) is 0 Å². The molecule has 0 spiro atoms. The first-order valence-electron chi connectivity index (χ1n) is 7.28. The minimum Gasteiger partial charge on any atom is -0.313 e. The Morgan fingerprint density at radius 3 is 2.65 bits per heavy atom. The highest BCUT2D eigenvalue weighted by atomic mass is 35.5. The Morgan fingerprint density at radius 1 is 1.30 bits per heavy atom. The molecule has 0 fully saturated rings. The lowest BCUT2D eigenvalue weighted by molar-refractivity contribution is 0.548. The van der Waals surface area contributed by atoms with E-state index >= 15 is 0 Å². The molecule has 0 aliphatic heterocycles. The van der Waals surface area contributed by atoms with Gasteiger partial charge in [-0.3, -0.25) is 0 Å². The van der Waals surface area contributed by atoms with E-state index in [9.17, 15) is 4.39 Å². The molecule has 1 aromatic carbocycles. The van der Waals surface area contributed by atoms with Crippen LogP contribution < -0.4 is 5.32 Å². The summed E-state index contributed by atoms with van der Waals surface area (Å²) >= 11 is 8.09. The molecule has 0 aromatic heterocycles. The normalized spacial score (nSPS) is 12.9. The van der Waals surface area contributed by atoms with Crippen LogP contribution in [0.2, 0.25) is 5.02 Å². The Labute approximate surface area is 131 Å². The quantitative estimate of drug-likeness (QED) is 0.703. The van der Waals surface area contributed by atoms with E-state index < -0.39 is 0 Å². The van der Waals surface area contributed by atoms with Crippen LogP contribution in [0.25, 0.3) is 0 Å². The van der Waals surface area contributed by atoms with Crippen molar-refractivity contribution in [1.29, 1.82) is 0 Å². The van der Waals surface area contributed by atoms with Gasteiger partial charge in [0.05, 0.1) is 0 Å². The molecule has 0 amide bonds. The predicted octanol–water partition coefficient (Wildman–Crippen LogP) is 4.78. The Bertz CT molecular complexity index is 398. The lowest BCUT2D eigenvalue weighted by Gasteiger charge is -2.19. The SMILES string of the molecule is CCCNC(CSCC(C)C)Cc1ccc(F)cc1Cl. The highest BCUT2D eigenvalue weighted by Gasteiger charge is 2.12. The largest absolute Gasteiger partial charge is 0.313 e. The molecule has 0 radical (unpaired) electrons. The fraction of sp³-hybridized carbons (Fsp3) is 0.625. The summed E-state index contributed by atoms with van der Waals surface area (Å²) in [5.41, 5.74) is 1.02. The minimum atomic E-state index is -0.272. The Morgan fingerprint density at radius 2 is 2.05 bits per heavy atom. The van der Waals surface area contributed by atoms with Crippen LogP contribution in [0.5, 0.6) is 0 Å². The second kappa shape index (κ2) is 9.64. The molecule has 114 valence electrons. The average Bonchev–Trinajstić information content (AvgIpc) is 2.38. The van der Waals surface area contributed by atoms with Crippen molar-refractivity contribution in [3.05, 3.63) is 34.6 Å². The first-order chi connectivity index (χ1) is 9.52. The molecule has 0 aliphatic carbocycles. The minimum absolute atomic E-state index is 0.272. The summed E-state index contributed by atoms with van der Waals surface area (Å²) < 4.78 is 13.1. The Balaban J connectivity index is 2.58. The van der Waals surface area contributed by atoms with E-state index in [0.717, 1.165) is 30.7 Å². The van der Waals surface area contributed by atoms with Crippen molar-refractivity contribution in [3.63, 3.8) is 0 Å². The molecular formula is C16H25ClFNS. The number of hydrogen-bond donors (Lipinski definition) is 1. The lowest BCUT2D eigenvalue weighted by Crippen LogP contribution is -2.34. The van der Waals surface area contributed by atoms with Gasteiger partial charge in [-0.25, -0.2) is 4.39 Å². The van der Waals surface area contributed by atoms with Crippen LogP contribution in [0, 0.1) is 11.7 Å². The van der Waals surface area contributed by atoms with E-state index in [2.05, 4.69) is 26.1 Å². The summed E-state index contributed by atoms with van der Waals surface area (Å²) in [7, 11) is 0. The summed E-state index contributed by atoms with van der Waals surface area (Å²) in [6, 6.07) is 5.07. The second-order valence-corrected chi connectivity index (χ2v) is 7.00. The molecule has 0 bridgehead atoms. The van der Waals surface area contributed by atoms with Crippen molar-refractivity contribution in [2.24, 2.45) is 5.92 Å². The van der Waals surface area contributed by atoms with Crippen LogP contribution in [0.1, 0.15) is 32.8 Å². The monoisotopic (exact) mass is 317 g/mol. The second-order valence-electron chi connectivity index (χ2n) is 5.52. The number of nitrogens with one attached hydrogen (secondary N) is 1. The van der Waals surface area contributed by atoms with Crippen molar-refractivity contribution >= 4 is 23.4 Å². The molecule has 1 unspecified atom stereocenters. The third-order valence-corrected chi connectivity index (χ3v) is 4.83. The molecular weight excluding hydrogens is 293 g/mol. The van der Waals surface area contributed by atoms with E-state index in [0.29, 0.717) is 17.0 Å². The molecule has 1 nitrogen and oxygen atoms in total. The molecule has 20 heavy (non-hydrogen) atoms. The highest BCUT2D eigenvalue weighted by Crippen LogP contribution is 2.20. The van der Waals surface area contributed by atoms with Crippen molar-refractivity contribution in [2.45, 2.75) is 39.7 Å². The van der Waals surface area contributed by atoms with Gasteiger partial charge in [0, 0.05) is 16.8 Å². The molecule has 0 saturated heterocycles. The molecule has 1 rings (SSSR count). The van der Waals surface area contributed by atoms with Gasteiger partial charge in [-0.2, -0.15) is 11.8 Å². The van der Waals surface area contributed by atoms with Gasteiger partial charge in [-0.15, -0.1) is 0 Å². The maximum absolute atomic E-state index is 13.1. The van der Waals surface area contributed by atoms with Crippen molar-refractivity contribution < 1.29 is 4.39 Å². The van der Waals surface area contributed by atoms with Crippen LogP contribution in [-0.2, 0) is 6.42 Å². The predicted molar refractivity (Wildman–Crippen MR) is 89.4 cm³/mol. The molecule has 0 saturated carbocycles. The van der Waals surface area contributed by atoms with E-state index in [1.165, 1.54) is 17.9 Å². The summed E-state index contributed by atoms with van der Waals surface area (Å²) in [5.74, 6) is 2.67. The van der Waals surface area contributed by atoms with E-state index in [1.807, 2.05) is 11.8 Å². The molecule has 1 atom stereocenters. The zero-order valence-corrected chi connectivity index (χ0v) is 14.2. The fourth-order valence-electron chi connectivity index (χ4n) is 1.94. The molecule has 4 heteroatoms. The molecule has 1 N–H and O–H groups in total. The number of halogens is 2. The van der Waals surface area contributed by atoms with Gasteiger partial charge in [0.15, 0.2) is 0 Å². The summed E-state index contributed by atoms with van der Waals surface area (Å²) in [6.45, 7) is 7.64. The van der Waals surface area contributed by atoms with Gasteiger partial charge in [-0.1, -0.05) is 38.4 Å². The van der Waals surface area contributed by atoms with E-state index in [4.69, 9.17) is 11.6 Å². The Hall–Kier alpha value is -0.250. The topological polar surface area (TPSA) is 12.0 Å². The van der Waals surface area contributed by atoms with E-state index in [1.54, 1.807) is 6.07 Å². The lowest BCUT2D eigenvalue weighted by atomic mass is 10.1. The number of rotatable bonds is 9. The smallest absolute Gasteiger partial charge is 0.124 e. The van der Waals surface area contributed by atoms with Crippen LogP contribution >= 0.6 is 23.4 Å². The van der Waals surface area contributed by atoms with Crippen LogP contribution in [0.4, 0.5) is 4.39 Å². The third kappa shape index (κ3) is 6.96. The Kier molecular flexibility index (Phi) is 8.58. The highest BCUT2D eigenvalue weighted by molar-refractivity contribution is 7.99. The van der Waals surface area contributed by atoms with Gasteiger partial charge in [0.1, 0.15) is 5.82 Å². The van der Waals surface area contributed by atoms with Gasteiger partial charge >= 0.3 is 0 Å². The summed E-state index contributed by atoms with van der Waals surface area (Å²) in [4.78, 5) is 0. The van der Waals surface area contributed by atoms with Crippen LogP contribution in [0.15, 0.2) is 18.2 Å². The van der Waals surface area contributed by atoms with E-state index in [-0.39, 0.29) is 5.82 Å². The molecule has 0 aliphatic rings. The van der Waals surface area contributed by atoms with Crippen molar-refractivity contribution in [2.75, 3.05) is 18.1 Å². The van der Waals surface area contributed by atoms with Crippen molar-refractivity contribution in [3.8, 4) is 0 Å². The molecule has 0 heterocycles. The summed E-state index contributed by atoms with van der Waals surface area (Å²) in [6.07, 6.45) is 1.96. The fourth-order valence-corrected chi connectivity index (χ4v) is 3.31. The summed E-state index contributed by atoms with van der Waals surface area (Å²) in [5, 5.41) is 4.09. The number of thioether (sulfide) groups is 1. The number of hydrogen-bond acceptors (Lipinski definition) is 2. The zero-order valence-electron chi connectivity index (χ0n) is 12.6. The van der Waals surface area contributed by atoms with Gasteiger partial charge in [0.25, 0.3) is 0 Å². The molecule has 1 aromatic rings. The maximum atomic E-state index is 13.1. The first-order valence-corrected chi connectivity index (χ1v) is 8.81. The number of benzene rings is 1. The zero-order chi connectivity index (χ0) is 15.0. The maximum Gasteiger partial charge on any atom is 0.124 e. The van der Waals surface area contributed by atoms with Crippen LogP contribution in [-0.4, -0.2) is 24.1 Å². The first kappa shape index (κ1) is 17.8. The van der Waals surface area contributed by atoms with Gasteiger partial charge < -0.3 is 5.32 Å². The van der Waals surface area contributed by atoms with Crippen LogP contribution in [0.3, 0.4) is 0 Å². The van der Waals surface area contributed by atoms with Crippen molar-refractivity contribution in [1.82, 2.24) is 5.32 Å². The third-order valence-electron chi connectivity index (χ3n) is 2.93. The standard InChI is InChI=1S/C16H25ClFNS/c1-4-7-19-15(11-20-10-12(2)3)8-13-5-6-14(18)9-16(13)17/h5-6,9,12,15,19H,4,7-8,10-11H2,1-3H3. The van der Waals surface area contributed by atoms with Gasteiger partial charge in [-0.05, 0) is 48.8 Å².